The van der Waals surface area contributed by atoms with Gasteiger partial charge in [0.1, 0.15) is 0 Å². The second-order valence-corrected chi connectivity index (χ2v) is 14.4. The van der Waals surface area contributed by atoms with Crippen molar-refractivity contribution in [2.24, 2.45) is 0 Å². The van der Waals surface area contributed by atoms with E-state index in [2.05, 4.69) is 174 Å². The van der Waals surface area contributed by atoms with Crippen LogP contribution in [0.3, 0.4) is 0 Å². The Bertz CT molecular complexity index is 3200. The van der Waals surface area contributed by atoms with Gasteiger partial charge in [-0.25, -0.2) is 15.0 Å². The van der Waals surface area contributed by atoms with Gasteiger partial charge < -0.3 is 4.57 Å². The molecule has 0 bridgehead atoms. The van der Waals surface area contributed by atoms with Crippen molar-refractivity contribution < 1.29 is 0 Å². The van der Waals surface area contributed by atoms with Gasteiger partial charge in [0.25, 0.3) is 0 Å². The minimum absolute atomic E-state index is 0.697. The SMILES string of the molecule is c1ccc(-c2cc(-c3ccccc3)nc(-c3ccc(-c4cccc(-c5nc6ccccc6c6c5ccc5c6c6ccccc6n5-c5ccccc5)c4)cc3)n2)cc1. The summed E-state index contributed by atoms with van der Waals surface area (Å²) in [6.07, 6.45) is 0. The summed E-state index contributed by atoms with van der Waals surface area (Å²) in [5, 5.41) is 5.98. The Morgan fingerprint density at radius 2 is 0.895 bits per heavy atom. The molecule has 0 unspecified atom stereocenters. The first kappa shape index (κ1) is 32.7. The summed E-state index contributed by atoms with van der Waals surface area (Å²) in [5.74, 6) is 0.697. The molecule has 11 aromatic rings. The predicted octanol–water partition coefficient (Wildman–Crippen LogP) is 13.6. The van der Waals surface area contributed by atoms with Crippen LogP contribution in [0.25, 0.3) is 105 Å². The fraction of sp³-hybridized carbons (Fsp3) is 0. The number of benzene rings is 8. The third-order valence-corrected chi connectivity index (χ3v) is 11.0. The van der Waals surface area contributed by atoms with Gasteiger partial charge in [0.05, 0.1) is 33.6 Å². The second-order valence-electron chi connectivity index (χ2n) is 14.4. The Morgan fingerprint density at radius 3 is 1.61 bits per heavy atom. The number of aromatic nitrogens is 4. The molecule has 0 saturated carbocycles. The van der Waals surface area contributed by atoms with E-state index < -0.39 is 0 Å². The van der Waals surface area contributed by atoms with Crippen molar-refractivity contribution in [2.45, 2.75) is 0 Å². The summed E-state index contributed by atoms with van der Waals surface area (Å²) in [7, 11) is 0. The Labute approximate surface area is 330 Å². The van der Waals surface area contributed by atoms with Gasteiger partial charge in [-0.1, -0.05) is 164 Å². The second kappa shape index (κ2) is 13.6. The minimum atomic E-state index is 0.697. The van der Waals surface area contributed by atoms with E-state index in [1.165, 1.54) is 27.2 Å². The Balaban J connectivity index is 1.04. The number of pyridine rings is 1. The lowest BCUT2D eigenvalue weighted by Gasteiger charge is -2.14. The standard InChI is InChI=1S/C53H34N4/c1-4-15-36(16-5-1)46-34-47(37-17-6-2-7-18-37)56-53(55-46)38-29-27-35(28-30-38)39-19-14-20-40(33-39)52-44-31-32-49-51(50(44)42-23-10-12-25-45(42)54-52)43-24-11-13-26-48(43)57(49)41-21-8-3-9-22-41/h1-34H. The average molecular weight is 727 g/mol. The molecule has 4 nitrogen and oxygen atoms in total. The Kier molecular flexibility index (Phi) is 7.78. The lowest BCUT2D eigenvalue weighted by atomic mass is 9.94. The molecule has 0 radical (unpaired) electrons. The van der Waals surface area contributed by atoms with Crippen LogP contribution < -0.4 is 0 Å². The van der Waals surface area contributed by atoms with Crippen LogP contribution >= 0.6 is 0 Å². The normalized spacial score (nSPS) is 11.5. The molecule has 0 aliphatic carbocycles. The van der Waals surface area contributed by atoms with Crippen molar-refractivity contribution in [1.29, 1.82) is 0 Å². The van der Waals surface area contributed by atoms with Gasteiger partial charge in [-0.15, -0.1) is 0 Å². The number of rotatable bonds is 6. The molecular formula is C53H34N4. The van der Waals surface area contributed by atoms with Gasteiger partial charge in [0.2, 0.25) is 0 Å². The van der Waals surface area contributed by atoms with E-state index >= 15 is 0 Å². The maximum atomic E-state index is 5.36. The van der Waals surface area contributed by atoms with E-state index in [0.29, 0.717) is 5.82 Å². The maximum Gasteiger partial charge on any atom is 0.160 e. The van der Waals surface area contributed by atoms with Crippen molar-refractivity contribution >= 4 is 43.5 Å². The molecule has 3 heterocycles. The molecule has 0 aliphatic rings. The zero-order valence-corrected chi connectivity index (χ0v) is 30.9. The van der Waals surface area contributed by atoms with Crippen LogP contribution in [0.1, 0.15) is 0 Å². The zero-order chi connectivity index (χ0) is 37.7. The average Bonchev–Trinajstić information content (AvgIpc) is 3.64. The number of fused-ring (bicyclic) bond motifs is 7. The molecule has 0 spiro atoms. The highest BCUT2D eigenvalue weighted by molar-refractivity contribution is 6.29. The van der Waals surface area contributed by atoms with Crippen molar-refractivity contribution in [3.8, 4) is 62.0 Å². The van der Waals surface area contributed by atoms with Gasteiger partial charge in [-0.05, 0) is 53.6 Å². The molecule has 266 valence electrons. The maximum absolute atomic E-state index is 5.36. The Hall–Kier alpha value is -7.69. The highest BCUT2D eigenvalue weighted by atomic mass is 15.0. The van der Waals surface area contributed by atoms with Crippen LogP contribution in [0, 0.1) is 0 Å². The zero-order valence-electron chi connectivity index (χ0n) is 30.9. The smallest absolute Gasteiger partial charge is 0.160 e. The van der Waals surface area contributed by atoms with E-state index in [1.54, 1.807) is 0 Å². The van der Waals surface area contributed by atoms with Crippen LogP contribution in [0.15, 0.2) is 206 Å². The summed E-state index contributed by atoms with van der Waals surface area (Å²) in [5.41, 5.74) is 13.6. The van der Waals surface area contributed by atoms with E-state index in [9.17, 15) is 0 Å². The van der Waals surface area contributed by atoms with E-state index in [0.717, 1.165) is 72.4 Å². The highest BCUT2D eigenvalue weighted by Gasteiger charge is 2.19. The van der Waals surface area contributed by atoms with Gasteiger partial charge in [0.15, 0.2) is 5.82 Å². The molecule has 0 N–H and O–H groups in total. The van der Waals surface area contributed by atoms with E-state index in [-0.39, 0.29) is 0 Å². The molecule has 57 heavy (non-hydrogen) atoms. The molecule has 3 aromatic heterocycles. The molecule has 0 atom stereocenters. The quantitative estimate of drug-likeness (QED) is 0.160. The van der Waals surface area contributed by atoms with Crippen molar-refractivity contribution in [3.05, 3.63) is 206 Å². The minimum Gasteiger partial charge on any atom is -0.309 e. The largest absolute Gasteiger partial charge is 0.309 e. The van der Waals surface area contributed by atoms with Crippen LogP contribution in [0.5, 0.6) is 0 Å². The summed E-state index contributed by atoms with van der Waals surface area (Å²) in [4.78, 5) is 15.5. The predicted molar refractivity (Wildman–Crippen MR) is 236 cm³/mol. The molecule has 0 fully saturated rings. The van der Waals surface area contributed by atoms with Gasteiger partial charge in [-0.3, -0.25) is 0 Å². The van der Waals surface area contributed by atoms with Crippen LogP contribution in [-0.4, -0.2) is 19.5 Å². The molecule has 0 saturated heterocycles. The molecule has 0 amide bonds. The first-order chi connectivity index (χ1) is 28.3. The van der Waals surface area contributed by atoms with Gasteiger partial charge in [-0.2, -0.15) is 0 Å². The molecule has 8 aromatic carbocycles. The summed E-state index contributed by atoms with van der Waals surface area (Å²) in [6, 6.07) is 72.5. The lowest BCUT2D eigenvalue weighted by Crippen LogP contribution is -1.96. The van der Waals surface area contributed by atoms with E-state index in [4.69, 9.17) is 15.0 Å². The van der Waals surface area contributed by atoms with Crippen molar-refractivity contribution in [1.82, 2.24) is 19.5 Å². The fourth-order valence-electron chi connectivity index (χ4n) is 8.32. The third kappa shape index (κ3) is 5.66. The van der Waals surface area contributed by atoms with E-state index in [1.807, 2.05) is 36.4 Å². The molecular weight excluding hydrogens is 693 g/mol. The molecule has 11 rings (SSSR count). The van der Waals surface area contributed by atoms with Crippen LogP contribution in [-0.2, 0) is 0 Å². The summed E-state index contributed by atoms with van der Waals surface area (Å²) < 4.78 is 2.38. The molecule has 4 heteroatoms. The van der Waals surface area contributed by atoms with Crippen molar-refractivity contribution in [2.75, 3.05) is 0 Å². The lowest BCUT2D eigenvalue weighted by molar-refractivity contribution is 1.18. The van der Waals surface area contributed by atoms with Crippen molar-refractivity contribution in [3.63, 3.8) is 0 Å². The monoisotopic (exact) mass is 726 g/mol. The number of para-hydroxylation sites is 3. The van der Waals surface area contributed by atoms with Crippen LogP contribution in [0.4, 0.5) is 0 Å². The Morgan fingerprint density at radius 1 is 0.316 bits per heavy atom. The number of nitrogens with zero attached hydrogens (tertiary/aromatic N) is 4. The topological polar surface area (TPSA) is 43.6 Å². The van der Waals surface area contributed by atoms with Gasteiger partial charge in [0, 0.05) is 54.9 Å². The number of hydrogen-bond acceptors (Lipinski definition) is 3. The fourth-order valence-corrected chi connectivity index (χ4v) is 8.32. The number of hydrogen-bond donors (Lipinski definition) is 0. The van der Waals surface area contributed by atoms with Crippen LogP contribution in [0.2, 0.25) is 0 Å². The first-order valence-electron chi connectivity index (χ1n) is 19.3. The first-order valence-corrected chi connectivity index (χ1v) is 19.3. The summed E-state index contributed by atoms with van der Waals surface area (Å²) >= 11 is 0. The molecule has 0 aliphatic heterocycles. The summed E-state index contributed by atoms with van der Waals surface area (Å²) in [6.45, 7) is 0. The van der Waals surface area contributed by atoms with Gasteiger partial charge >= 0.3 is 0 Å². The third-order valence-electron chi connectivity index (χ3n) is 11.0. The highest BCUT2D eigenvalue weighted by Crippen LogP contribution is 2.42.